The van der Waals surface area contributed by atoms with Crippen molar-refractivity contribution >= 4 is 28.6 Å². The van der Waals surface area contributed by atoms with Gasteiger partial charge in [-0.15, -0.1) is 0 Å². The maximum absolute atomic E-state index is 12.8. The van der Waals surface area contributed by atoms with Crippen LogP contribution in [0, 0.1) is 6.92 Å². The van der Waals surface area contributed by atoms with E-state index in [1.54, 1.807) is 7.11 Å². The number of aromatic nitrogens is 3. The minimum absolute atomic E-state index is 0.00449. The first kappa shape index (κ1) is 23.8. The molecule has 0 bridgehead atoms. The summed E-state index contributed by atoms with van der Waals surface area (Å²) in [5.74, 6) is 2.15. The highest BCUT2D eigenvalue weighted by Crippen LogP contribution is 2.31. The Morgan fingerprint density at radius 2 is 1.88 bits per heavy atom. The lowest BCUT2D eigenvalue weighted by Gasteiger charge is -2.18. The van der Waals surface area contributed by atoms with Gasteiger partial charge >= 0.3 is 0 Å². The molecule has 4 aromatic rings. The molecule has 0 aliphatic carbocycles. The zero-order chi connectivity index (χ0) is 24.1. The average molecular weight is 475 g/mol. The number of fused-ring (bicyclic) bond motifs is 1. The number of aromatic amines is 1. The monoisotopic (exact) mass is 474 g/mol. The summed E-state index contributed by atoms with van der Waals surface area (Å²) < 4.78 is 5.32. The Morgan fingerprint density at radius 3 is 2.62 bits per heavy atom. The third-order valence-corrected chi connectivity index (χ3v) is 6.65. The fourth-order valence-electron chi connectivity index (χ4n) is 3.93. The number of hydrogen-bond acceptors (Lipinski definition) is 5. The van der Waals surface area contributed by atoms with Gasteiger partial charge in [-0.2, -0.15) is 0 Å². The van der Waals surface area contributed by atoms with Crippen molar-refractivity contribution in [2.45, 2.75) is 37.6 Å². The number of rotatable bonds is 9. The number of amides is 1. The van der Waals surface area contributed by atoms with E-state index in [0.717, 1.165) is 44.3 Å². The van der Waals surface area contributed by atoms with Gasteiger partial charge < -0.3 is 15.0 Å². The number of methoxy groups -OCH3 is 1. The molecule has 6 nitrogen and oxygen atoms in total. The predicted octanol–water partition coefficient (Wildman–Crippen LogP) is 5.44. The quantitative estimate of drug-likeness (QED) is 0.249. The van der Waals surface area contributed by atoms with Crippen LogP contribution in [0.1, 0.15) is 48.3 Å². The van der Waals surface area contributed by atoms with Crippen LogP contribution in [0.5, 0.6) is 5.75 Å². The van der Waals surface area contributed by atoms with E-state index in [1.807, 2.05) is 43.5 Å². The van der Waals surface area contributed by atoms with Crippen LogP contribution >= 0.6 is 11.8 Å². The molecule has 0 saturated heterocycles. The topological polar surface area (TPSA) is 79.9 Å². The van der Waals surface area contributed by atoms with Gasteiger partial charge in [0.15, 0.2) is 0 Å². The Balaban J connectivity index is 1.49. The molecule has 2 aromatic heterocycles. The van der Waals surface area contributed by atoms with Gasteiger partial charge in [0.05, 0.1) is 12.9 Å². The van der Waals surface area contributed by atoms with E-state index < -0.39 is 0 Å². The molecule has 176 valence electrons. The lowest BCUT2D eigenvalue weighted by atomic mass is 9.91. The first-order chi connectivity index (χ1) is 16.4. The summed E-state index contributed by atoms with van der Waals surface area (Å²) >= 11 is 1.44. The van der Waals surface area contributed by atoms with Crippen LogP contribution in [0.3, 0.4) is 0 Å². The molecule has 1 amide bonds. The third-order valence-electron chi connectivity index (χ3n) is 5.73. The number of hydrogen-bond donors (Lipinski definition) is 2. The molecular weight excluding hydrogens is 444 g/mol. The molecule has 1 atom stereocenters. The van der Waals surface area contributed by atoms with Crippen molar-refractivity contribution in [3.8, 4) is 5.75 Å². The molecular formula is C27H30N4O2S. The zero-order valence-corrected chi connectivity index (χ0v) is 20.8. The highest BCUT2D eigenvalue weighted by molar-refractivity contribution is 7.99. The number of benzene rings is 2. The summed E-state index contributed by atoms with van der Waals surface area (Å²) in [7, 11) is 1.66. The number of ether oxygens (including phenoxy) is 1. The second-order valence-corrected chi connectivity index (χ2v) is 9.56. The van der Waals surface area contributed by atoms with E-state index in [2.05, 4.69) is 58.4 Å². The molecule has 0 fully saturated rings. The number of nitrogens with one attached hydrogen (secondary N) is 2. The summed E-state index contributed by atoms with van der Waals surface area (Å²) in [5, 5.41) is 5.12. The minimum Gasteiger partial charge on any atom is -0.497 e. The van der Waals surface area contributed by atoms with E-state index in [9.17, 15) is 4.79 Å². The van der Waals surface area contributed by atoms with Crippen LogP contribution in [0.2, 0.25) is 0 Å². The van der Waals surface area contributed by atoms with Crippen molar-refractivity contribution in [1.82, 2.24) is 20.3 Å². The highest BCUT2D eigenvalue weighted by atomic mass is 32.2. The number of carbonyl (C=O) groups is 1. The lowest BCUT2D eigenvalue weighted by molar-refractivity contribution is -0.118. The Morgan fingerprint density at radius 1 is 1.12 bits per heavy atom. The maximum atomic E-state index is 12.8. The lowest BCUT2D eigenvalue weighted by Crippen LogP contribution is -2.30. The molecule has 0 spiro atoms. The van der Waals surface area contributed by atoms with Gasteiger partial charge in [-0.1, -0.05) is 55.9 Å². The third kappa shape index (κ3) is 5.59. The second-order valence-electron chi connectivity index (χ2n) is 8.57. The van der Waals surface area contributed by atoms with Gasteiger partial charge in [-0.05, 0) is 42.3 Å². The van der Waals surface area contributed by atoms with Gasteiger partial charge in [0, 0.05) is 41.2 Å². The SMILES string of the molecule is COc1ccc([C@@H](CNC(=O)CSc2cc(C)nc(C(C)C)n2)c2c[nH]c3ccccc23)cc1. The standard InChI is InChI=1S/C27H30N4O2S/c1-17(2)27-30-18(3)13-26(31-27)34-16-25(32)29-14-22(19-9-11-20(33-4)12-10-19)23-15-28-24-8-6-5-7-21(23)24/h5-13,15,17,22,28H,14,16H2,1-4H3,(H,29,32)/t22-/m1/s1. The van der Waals surface area contributed by atoms with Crippen molar-refractivity contribution in [3.05, 3.63) is 83.4 Å². The van der Waals surface area contributed by atoms with E-state index >= 15 is 0 Å². The van der Waals surface area contributed by atoms with Crippen LogP contribution in [-0.4, -0.2) is 40.3 Å². The summed E-state index contributed by atoms with van der Waals surface area (Å²) in [6.07, 6.45) is 2.04. The summed E-state index contributed by atoms with van der Waals surface area (Å²) in [6, 6.07) is 18.2. The number of carbonyl (C=O) groups excluding carboxylic acids is 1. The Hall–Kier alpha value is -3.32. The average Bonchev–Trinajstić information content (AvgIpc) is 3.27. The summed E-state index contributed by atoms with van der Waals surface area (Å²) in [6.45, 7) is 6.59. The Bertz CT molecular complexity index is 1270. The molecule has 4 rings (SSSR count). The fraction of sp³-hybridized carbons (Fsp3) is 0.296. The van der Waals surface area contributed by atoms with Gasteiger partial charge in [0.25, 0.3) is 0 Å². The summed E-state index contributed by atoms with van der Waals surface area (Å²) in [5.41, 5.74) is 4.27. The maximum Gasteiger partial charge on any atom is 0.230 e. The van der Waals surface area contributed by atoms with Gasteiger partial charge in [0.1, 0.15) is 16.6 Å². The molecule has 0 aliphatic heterocycles. The molecule has 2 aromatic carbocycles. The normalized spacial score (nSPS) is 12.1. The van der Waals surface area contributed by atoms with Gasteiger partial charge in [-0.25, -0.2) is 9.97 Å². The fourth-order valence-corrected chi connectivity index (χ4v) is 4.72. The van der Waals surface area contributed by atoms with Crippen molar-refractivity contribution in [1.29, 1.82) is 0 Å². The molecule has 2 N–H and O–H groups in total. The van der Waals surface area contributed by atoms with Crippen LogP contribution in [0.4, 0.5) is 0 Å². The van der Waals surface area contributed by atoms with Crippen LogP contribution in [0.15, 0.2) is 65.8 Å². The van der Waals surface area contributed by atoms with E-state index in [4.69, 9.17) is 4.74 Å². The minimum atomic E-state index is -0.0225. The van der Waals surface area contributed by atoms with Crippen molar-refractivity contribution in [3.63, 3.8) is 0 Å². The Labute approximate surface area is 204 Å². The number of nitrogens with zero attached hydrogens (tertiary/aromatic N) is 2. The van der Waals surface area contributed by atoms with Gasteiger partial charge in [0.2, 0.25) is 5.91 Å². The number of aryl methyl sites for hydroxylation is 1. The number of thioether (sulfide) groups is 1. The second kappa shape index (κ2) is 10.7. The molecule has 0 unspecified atom stereocenters. The smallest absolute Gasteiger partial charge is 0.230 e. The van der Waals surface area contributed by atoms with Crippen molar-refractivity contribution in [2.24, 2.45) is 0 Å². The highest BCUT2D eigenvalue weighted by Gasteiger charge is 2.19. The molecule has 0 saturated carbocycles. The van der Waals surface area contributed by atoms with E-state index in [-0.39, 0.29) is 17.7 Å². The van der Waals surface area contributed by atoms with E-state index in [0.29, 0.717) is 12.3 Å². The van der Waals surface area contributed by atoms with Crippen LogP contribution in [0.25, 0.3) is 10.9 Å². The summed E-state index contributed by atoms with van der Waals surface area (Å²) in [4.78, 5) is 25.2. The zero-order valence-electron chi connectivity index (χ0n) is 20.0. The molecule has 0 radical (unpaired) electrons. The largest absolute Gasteiger partial charge is 0.497 e. The molecule has 0 aliphatic rings. The molecule has 7 heteroatoms. The van der Waals surface area contributed by atoms with Crippen LogP contribution in [-0.2, 0) is 4.79 Å². The van der Waals surface area contributed by atoms with Crippen molar-refractivity contribution < 1.29 is 9.53 Å². The molecule has 34 heavy (non-hydrogen) atoms. The first-order valence-electron chi connectivity index (χ1n) is 11.4. The Kier molecular flexibility index (Phi) is 7.53. The number of H-pyrrole nitrogens is 1. The van der Waals surface area contributed by atoms with Gasteiger partial charge in [-0.3, -0.25) is 4.79 Å². The van der Waals surface area contributed by atoms with E-state index in [1.165, 1.54) is 11.8 Å². The number of para-hydroxylation sites is 1. The predicted molar refractivity (Wildman–Crippen MR) is 138 cm³/mol. The molecule has 2 heterocycles. The van der Waals surface area contributed by atoms with Crippen molar-refractivity contribution in [2.75, 3.05) is 19.4 Å². The van der Waals surface area contributed by atoms with Crippen LogP contribution < -0.4 is 10.1 Å². The first-order valence-corrected chi connectivity index (χ1v) is 12.4.